The Kier molecular flexibility index (Phi) is 5.63. The van der Waals surface area contributed by atoms with Crippen LogP contribution in [0.4, 0.5) is 0 Å². The van der Waals surface area contributed by atoms with Gasteiger partial charge in [0.25, 0.3) is 0 Å². The van der Waals surface area contributed by atoms with E-state index in [4.69, 9.17) is 4.74 Å². The lowest BCUT2D eigenvalue weighted by atomic mass is 10.2. The molecular formula is C18H23NO. The largest absolute Gasteiger partial charge is 0.489 e. The van der Waals surface area contributed by atoms with E-state index in [2.05, 4.69) is 49.5 Å². The van der Waals surface area contributed by atoms with Crippen molar-refractivity contribution in [2.24, 2.45) is 0 Å². The van der Waals surface area contributed by atoms with Crippen molar-refractivity contribution in [3.05, 3.63) is 65.7 Å². The molecule has 0 bridgehead atoms. The van der Waals surface area contributed by atoms with Crippen LogP contribution in [-0.2, 0) is 6.54 Å². The van der Waals surface area contributed by atoms with Crippen LogP contribution in [0.25, 0.3) is 0 Å². The summed E-state index contributed by atoms with van der Waals surface area (Å²) in [5.41, 5.74) is 2.49. The van der Waals surface area contributed by atoms with Crippen LogP contribution >= 0.6 is 0 Å². The SMILES string of the molecule is CCC(CNCc1ccccc1)Oc1ccccc1C. The fraction of sp³-hybridized carbons (Fsp3) is 0.333. The molecule has 0 aliphatic carbocycles. The van der Waals surface area contributed by atoms with Gasteiger partial charge in [0.2, 0.25) is 0 Å². The van der Waals surface area contributed by atoms with Gasteiger partial charge in [-0.2, -0.15) is 0 Å². The number of para-hydroxylation sites is 1. The Balaban J connectivity index is 1.82. The first-order valence-corrected chi connectivity index (χ1v) is 7.26. The number of rotatable bonds is 7. The van der Waals surface area contributed by atoms with Crippen molar-refractivity contribution in [2.75, 3.05) is 6.54 Å². The molecule has 1 N–H and O–H groups in total. The van der Waals surface area contributed by atoms with Gasteiger partial charge in [-0.15, -0.1) is 0 Å². The molecule has 0 aliphatic rings. The minimum atomic E-state index is 0.208. The molecule has 1 atom stereocenters. The molecule has 0 fully saturated rings. The molecule has 0 spiro atoms. The van der Waals surface area contributed by atoms with E-state index in [1.807, 2.05) is 24.3 Å². The number of hydrogen-bond donors (Lipinski definition) is 1. The monoisotopic (exact) mass is 269 g/mol. The van der Waals surface area contributed by atoms with Crippen molar-refractivity contribution < 1.29 is 4.74 Å². The third-order valence-electron chi connectivity index (χ3n) is 3.39. The zero-order valence-corrected chi connectivity index (χ0v) is 12.3. The van der Waals surface area contributed by atoms with E-state index in [0.29, 0.717) is 0 Å². The molecule has 0 saturated carbocycles. The molecule has 0 heterocycles. The summed E-state index contributed by atoms with van der Waals surface area (Å²) in [6.07, 6.45) is 1.20. The van der Waals surface area contributed by atoms with Crippen molar-refractivity contribution >= 4 is 0 Å². The third kappa shape index (κ3) is 4.39. The average molecular weight is 269 g/mol. The van der Waals surface area contributed by atoms with Gasteiger partial charge in [-0.1, -0.05) is 55.5 Å². The van der Waals surface area contributed by atoms with E-state index in [9.17, 15) is 0 Å². The maximum absolute atomic E-state index is 6.07. The smallest absolute Gasteiger partial charge is 0.122 e. The molecule has 0 amide bonds. The summed E-state index contributed by atoms with van der Waals surface area (Å²) in [6, 6.07) is 18.6. The maximum Gasteiger partial charge on any atom is 0.122 e. The van der Waals surface area contributed by atoms with Crippen LogP contribution in [0.2, 0.25) is 0 Å². The summed E-state index contributed by atoms with van der Waals surface area (Å²) in [5, 5.41) is 3.47. The second kappa shape index (κ2) is 7.71. The fourth-order valence-electron chi connectivity index (χ4n) is 2.11. The van der Waals surface area contributed by atoms with Gasteiger partial charge in [-0.25, -0.2) is 0 Å². The molecule has 0 radical (unpaired) electrons. The van der Waals surface area contributed by atoms with Gasteiger partial charge >= 0.3 is 0 Å². The molecule has 106 valence electrons. The van der Waals surface area contributed by atoms with Crippen LogP contribution in [0, 0.1) is 6.92 Å². The van der Waals surface area contributed by atoms with Crippen LogP contribution in [-0.4, -0.2) is 12.6 Å². The number of benzene rings is 2. The molecule has 2 aromatic carbocycles. The molecule has 2 heteroatoms. The predicted molar refractivity (Wildman–Crippen MR) is 84.0 cm³/mol. The molecule has 2 nitrogen and oxygen atoms in total. The van der Waals surface area contributed by atoms with Crippen molar-refractivity contribution in [2.45, 2.75) is 32.9 Å². The molecule has 20 heavy (non-hydrogen) atoms. The summed E-state index contributed by atoms with van der Waals surface area (Å²) in [4.78, 5) is 0. The highest BCUT2D eigenvalue weighted by Gasteiger charge is 2.09. The minimum Gasteiger partial charge on any atom is -0.489 e. The van der Waals surface area contributed by atoms with Crippen molar-refractivity contribution in [1.82, 2.24) is 5.32 Å². The quantitative estimate of drug-likeness (QED) is 0.822. The lowest BCUT2D eigenvalue weighted by Gasteiger charge is -2.19. The second-order valence-electron chi connectivity index (χ2n) is 5.03. The van der Waals surface area contributed by atoms with Gasteiger partial charge in [-0.3, -0.25) is 0 Å². The van der Waals surface area contributed by atoms with Gasteiger partial charge in [0, 0.05) is 13.1 Å². The van der Waals surface area contributed by atoms with E-state index in [1.165, 1.54) is 11.1 Å². The number of hydrogen-bond acceptors (Lipinski definition) is 2. The predicted octanol–water partition coefficient (Wildman–Crippen LogP) is 3.94. The lowest BCUT2D eigenvalue weighted by molar-refractivity contribution is 0.192. The molecular weight excluding hydrogens is 246 g/mol. The molecule has 1 unspecified atom stereocenters. The molecule has 0 aliphatic heterocycles. The van der Waals surface area contributed by atoms with E-state index in [1.54, 1.807) is 0 Å². The highest BCUT2D eigenvalue weighted by atomic mass is 16.5. The van der Waals surface area contributed by atoms with Gasteiger partial charge in [-0.05, 0) is 30.5 Å². The standard InChI is InChI=1S/C18H23NO/c1-3-17(20-18-12-8-7-9-15(18)2)14-19-13-16-10-5-4-6-11-16/h4-12,17,19H,3,13-14H2,1-2H3. The topological polar surface area (TPSA) is 21.3 Å². The second-order valence-corrected chi connectivity index (χ2v) is 5.03. The highest BCUT2D eigenvalue weighted by Crippen LogP contribution is 2.18. The Morgan fingerprint density at radius 3 is 2.40 bits per heavy atom. The summed E-state index contributed by atoms with van der Waals surface area (Å²) < 4.78 is 6.07. The van der Waals surface area contributed by atoms with Crippen LogP contribution < -0.4 is 10.1 Å². The van der Waals surface area contributed by atoms with Gasteiger partial charge in [0.15, 0.2) is 0 Å². The Morgan fingerprint density at radius 2 is 1.70 bits per heavy atom. The van der Waals surface area contributed by atoms with E-state index < -0.39 is 0 Å². The first-order valence-electron chi connectivity index (χ1n) is 7.26. The normalized spacial score (nSPS) is 12.1. The van der Waals surface area contributed by atoms with Crippen molar-refractivity contribution in [1.29, 1.82) is 0 Å². The molecule has 2 rings (SSSR count). The highest BCUT2D eigenvalue weighted by molar-refractivity contribution is 5.31. The Bertz CT molecular complexity index is 510. The first-order chi connectivity index (χ1) is 9.79. The molecule has 2 aromatic rings. The minimum absolute atomic E-state index is 0.208. The van der Waals surface area contributed by atoms with E-state index in [0.717, 1.165) is 25.3 Å². The van der Waals surface area contributed by atoms with Gasteiger partial charge in [0.1, 0.15) is 11.9 Å². The lowest BCUT2D eigenvalue weighted by Crippen LogP contribution is -2.30. The van der Waals surface area contributed by atoms with Gasteiger partial charge < -0.3 is 10.1 Å². The van der Waals surface area contributed by atoms with Crippen LogP contribution in [0.5, 0.6) is 5.75 Å². The number of ether oxygens (including phenoxy) is 1. The summed E-state index contributed by atoms with van der Waals surface area (Å²) in [5.74, 6) is 0.987. The number of nitrogens with one attached hydrogen (secondary N) is 1. The average Bonchev–Trinajstić information content (AvgIpc) is 2.49. The molecule has 0 aromatic heterocycles. The summed E-state index contributed by atoms with van der Waals surface area (Å²) in [7, 11) is 0. The van der Waals surface area contributed by atoms with E-state index >= 15 is 0 Å². The Morgan fingerprint density at radius 1 is 1.00 bits per heavy atom. The van der Waals surface area contributed by atoms with Crippen LogP contribution in [0.3, 0.4) is 0 Å². The van der Waals surface area contributed by atoms with Crippen LogP contribution in [0.1, 0.15) is 24.5 Å². The maximum atomic E-state index is 6.07. The number of aryl methyl sites for hydroxylation is 1. The van der Waals surface area contributed by atoms with Gasteiger partial charge in [0.05, 0.1) is 0 Å². The zero-order valence-electron chi connectivity index (χ0n) is 12.3. The summed E-state index contributed by atoms with van der Waals surface area (Å²) in [6.45, 7) is 5.99. The third-order valence-corrected chi connectivity index (χ3v) is 3.39. The Hall–Kier alpha value is -1.80. The molecule has 0 saturated heterocycles. The van der Waals surface area contributed by atoms with Crippen molar-refractivity contribution in [3.8, 4) is 5.75 Å². The van der Waals surface area contributed by atoms with E-state index in [-0.39, 0.29) is 6.10 Å². The van der Waals surface area contributed by atoms with Crippen molar-refractivity contribution in [3.63, 3.8) is 0 Å². The first kappa shape index (κ1) is 14.6. The fourth-order valence-corrected chi connectivity index (χ4v) is 2.11. The zero-order chi connectivity index (χ0) is 14.2. The van der Waals surface area contributed by atoms with Crippen LogP contribution in [0.15, 0.2) is 54.6 Å². The Labute approximate surface area is 121 Å². The summed E-state index contributed by atoms with van der Waals surface area (Å²) >= 11 is 0.